The molecule has 0 aromatic heterocycles. The normalized spacial score (nSPS) is 12.2. The van der Waals surface area contributed by atoms with Crippen LogP contribution >= 0.6 is 15.9 Å². The molecule has 0 aliphatic heterocycles. The van der Waals surface area contributed by atoms with Gasteiger partial charge in [-0.2, -0.15) is 0 Å². The third-order valence-electron chi connectivity index (χ3n) is 3.68. The van der Waals surface area contributed by atoms with Gasteiger partial charge in [0, 0.05) is 10.0 Å². The van der Waals surface area contributed by atoms with Crippen LogP contribution in [0, 0.1) is 0 Å². The second kappa shape index (κ2) is 9.25. The maximum atomic E-state index is 11.8. The molecule has 0 bridgehead atoms. The molecule has 2 rings (SSSR count). The molecular formula is C19H21BrN2O3. The third-order valence-corrected chi connectivity index (χ3v) is 4.18. The summed E-state index contributed by atoms with van der Waals surface area (Å²) in [5.41, 5.74) is 7.36. The molecule has 0 radical (unpaired) electrons. The van der Waals surface area contributed by atoms with Crippen molar-refractivity contribution in [2.45, 2.75) is 25.4 Å². The highest BCUT2D eigenvalue weighted by Gasteiger charge is 2.12. The fraction of sp³-hybridized carbons (Fsp3) is 0.211. The number of nitrogens with two attached hydrogens (primary N) is 1. The summed E-state index contributed by atoms with van der Waals surface area (Å²) in [5, 5.41) is 22.7. The van der Waals surface area contributed by atoms with Crippen LogP contribution in [0.5, 0.6) is 5.75 Å². The molecule has 5 nitrogen and oxygen atoms in total. The molecule has 6 heteroatoms. The molecule has 0 aliphatic carbocycles. The van der Waals surface area contributed by atoms with Crippen molar-refractivity contribution in [3.63, 3.8) is 0 Å². The Labute approximate surface area is 155 Å². The van der Waals surface area contributed by atoms with E-state index in [1.165, 1.54) is 6.08 Å². The molecule has 2 aromatic rings. The monoisotopic (exact) mass is 404 g/mol. The average Bonchev–Trinajstić information content (AvgIpc) is 2.58. The Morgan fingerprint density at radius 3 is 2.80 bits per heavy atom. The van der Waals surface area contributed by atoms with Crippen LogP contribution in [0.1, 0.15) is 30.9 Å². The fourth-order valence-electron chi connectivity index (χ4n) is 2.35. The van der Waals surface area contributed by atoms with E-state index in [1.54, 1.807) is 48.5 Å². The summed E-state index contributed by atoms with van der Waals surface area (Å²) in [6.45, 7) is 0. The fourth-order valence-corrected chi connectivity index (χ4v) is 2.73. The van der Waals surface area contributed by atoms with Crippen molar-refractivity contribution in [3.05, 3.63) is 64.7 Å². The Bertz CT molecular complexity index is 762. The van der Waals surface area contributed by atoms with Crippen LogP contribution in [-0.4, -0.2) is 16.1 Å². The number of para-hydroxylation sites is 2. The molecule has 1 amide bonds. The van der Waals surface area contributed by atoms with E-state index in [2.05, 4.69) is 21.2 Å². The molecule has 0 saturated carbocycles. The zero-order chi connectivity index (χ0) is 18.2. The molecule has 0 unspecified atom stereocenters. The topological polar surface area (TPSA) is 95.6 Å². The highest BCUT2D eigenvalue weighted by atomic mass is 79.9. The van der Waals surface area contributed by atoms with Crippen molar-refractivity contribution < 1.29 is 15.0 Å². The first-order valence-corrected chi connectivity index (χ1v) is 8.75. The van der Waals surface area contributed by atoms with E-state index >= 15 is 0 Å². The minimum Gasteiger partial charge on any atom is -0.508 e. The van der Waals surface area contributed by atoms with Gasteiger partial charge in [0.05, 0.1) is 17.5 Å². The number of carbonyl (C=O) groups excluding carboxylic acids is 1. The molecule has 25 heavy (non-hydrogen) atoms. The Morgan fingerprint density at radius 1 is 1.28 bits per heavy atom. The van der Waals surface area contributed by atoms with Gasteiger partial charge >= 0.3 is 0 Å². The summed E-state index contributed by atoms with van der Waals surface area (Å²) in [6.07, 6.45) is 4.27. The van der Waals surface area contributed by atoms with Crippen LogP contribution in [0.2, 0.25) is 0 Å². The van der Waals surface area contributed by atoms with Gasteiger partial charge in [-0.1, -0.05) is 34.1 Å². The number of anilines is 2. The van der Waals surface area contributed by atoms with Crippen molar-refractivity contribution in [2.24, 2.45) is 0 Å². The maximum Gasteiger partial charge on any atom is 0.248 e. The minimum atomic E-state index is -0.746. The van der Waals surface area contributed by atoms with E-state index in [-0.39, 0.29) is 11.7 Å². The summed E-state index contributed by atoms with van der Waals surface area (Å²) < 4.78 is 0.802. The number of aromatic hydroxyl groups is 1. The molecule has 132 valence electrons. The van der Waals surface area contributed by atoms with Gasteiger partial charge < -0.3 is 21.3 Å². The lowest BCUT2D eigenvalue weighted by Gasteiger charge is -2.12. The summed E-state index contributed by atoms with van der Waals surface area (Å²) in [4.78, 5) is 11.8. The molecule has 2 aromatic carbocycles. The Morgan fingerprint density at radius 2 is 2.04 bits per heavy atom. The zero-order valence-electron chi connectivity index (χ0n) is 13.7. The quantitative estimate of drug-likeness (QED) is 0.316. The number of nitrogen functional groups attached to an aromatic ring is 1. The first-order chi connectivity index (χ1) is 12.0. The van der Waals surface area contributed by atoms with Crippen LogP contribution in [0.4, 0.5) is 11.4 Å². The van der Waals surface area contributed by atoms with E-state index in [4.69, 9.17) is 5.73 Å². The van der Waals surface area contributed by atoms with E-state index in [9.17, 15) is 15.0 Å². The molecule has 0 spiro atoms. The summed E-state index contributed by atoms with van der Waals surface area (Å²) in [7, 11) is 0. The molecule has 0 heterocycles. The number of hydrogen-bond acceptors (Lipinski definition) is 4. The Kier molecular flexibility index (Phi) is 7.03. The van der Waals surface area contributed by atoms with Crippen molar-refractivity contribution in [1.82, 2.24) is 0 Å². The van der Waals surface area contributed by atoms with Crippen molar-refractivity contribution >= 4 is 33.2 Å². The van der Waals surface area contributed by atoms with Gasteiger partial charge in [0.1, 0.15) is 5.75 Å². The number of allylic oxidation sites excluding steroid dienone is 1. The number of benzene rings is 2. The molecule has 0 fully saturated rings. The van der Waals surface area contributed by atoms with Crippen LogP contribution in [0.3, 0.4) is 0 Å². The smallest absolute Gasteiger partial charge is 0.248 e. The number of unbranched alkanes of at least 4 members (excludes halogenated alkanes) is 1. The predicted octanol–water partition coefficient (Wildman–Crippen LogP) is 4.14. The number of phenolic OH excluding ortho intramolecular Hbond substituents is 1. The van der Waals surface area contributed by atoms with Gasteiger partial charge in [0.2, 0.25) is 5.91 Å². The van der Waals surface area contributed by atoms with Gasteiger partial charge in [-0.3, -0.25) is 4.79 Å². The number of nitrogens with one attached hydrogen (secondary N) is 1. The third kappa shape index (κ3) is 5.92. The number of hydrogen-bond donors (Lipinski definition) is 4. The first-order valence-electron chi connectivity index (χ1n) is 7.96. The van der Waals surface area contributed by atoms with Crippen LogP contribution in [-0.2, 0) is 4.79 Å². The Balaban J connectivity index is 1.76. The van der Waals surface area contributed by atoms with Crippen molar-refractivity contribution in [2.75, 3.05) is 11.1 Å². The second-order valence-corrected chi connectivity index (χ2v) is 6.54. The lowest BCUT2D eigenvalue weighted by atomic mass is 10.0. The number of aliphatic hydroxyl groups excluding tert-OH is 1. The number of halogens is 1. The standard InChI is InChI=1S/C19H21BrN2O3/c20-13-10-11-18(24)14(12-13)17(23)8-2-1-3-9-19(25)22-16-7-5-4-6-15(16)21/h3-7,9-12,17,23-24H,1-2,8,21H2,(H,22,25)/b9-3+/t17-/m0/s1. The van der Waals surface area contributed by atoms with Crippen LogP contribution < -0.4 is 11.1 Å². The van der Waals surface area contributed by atoms with Crippen molar-refractivity contribution in [3.8, 4) is 5.75 Å². The van der Waals surface area contributed by atoms with Gasteiger partial charge in [0.15, 0.2) is 0 Å². The number of aliphatic hydroxyl groups is 1. The summed E-state index contributed by atoms with van der Waals surface area (Å²) >= 11 is 3.32. The molecule has 0 saturated heterocycles. The second-order valence-electron chi connectivity index (χ2n) is 5.63. The number of rotatable bonds is 7. The van der Waals surface area contributed by atoms with Gasteiger partial charge in [-0.05, 0) is 55.7 Å². The van der Waals surface area contributed by atoms with Crippen molar-refractivity contribution in [1.29, 1.82) is 0 Å². The summed E-state index contributed by atoms with van der Waals surface area (Å²) in [5.74, 6) is -0.172. The summed E-state index contributed by atoms with van der Waals surface area (Å²) in [6, 6.07) is 12.0. The van der Waals surface area contributed by atoms with Gasteiger partial charge in [-0.15, -0.1) is 0 Å². The van der Waals surface area contributed by atoms with E-state index in [1.807, 2.05) is 0 Å². The largest absolute Gasteiger partial charge is 0.508 e. The van der Waals surface area contributed by atoms with Crippen LogP contribution in [0.15, 0.2) is 59.1 Å². The highest BCUT2D eigenvalue weighted by Crippen LogP contribution is 2.30. The van der Waals surface area contributed by atoms with Crippen LogP contribution in [0.25, 0.3) is 0 Å². The van der Waals surface area contributed by atoms with E-state index in [0.717, 1.165) is 4.47 Å². The number of carbonyl (C=O) groups is 1. The average molecular weight is 405 g/mol. The van der Waals surface area contributed by atoms with Gasteiger partial charge in [0.25, 0.3) is 0 Å². The zero-order valence-corrected chi connectivity index (χ0v) is 15.2. The molecule has 5 N–H and O–H groups in total. The lowest BCUT2D eigenvalue weighted by molar-refractivity contribution is -0.111. The molecular weight excluding hydrogens is 384 g/mol. The predicted molar refractivity (Wildman–Crippen MR) is 103 cm³/mol. The minimum absolute atomic E-state index is 0.0751. The SMILES string of the molecule is Nc1ccccc1NC(=O)/C=C/CCC[C@H](O)c1cc(Br)ccc1O. The molecule has 0 aliphatic rings. The number of amides is 1. The van der Waals surface area contributed by atoms with E-state index < -0.39 is 6.10 Å². The Hall–Kier alpha value is -2.31. The maximum absolute atomic E-state index is 11.8. The van der Waals surface area contributed by atoms with Gasteiger partial charge in [-0.25, -0.2) is 0 Å². The molecule has 1 atom stereocenters. The highest BCUT2D eigenvalue weighted by molar-refractivity contribution is 9.10. The van der Waals surface area contributed by atoms with E-state index in [0.29, 0.717) is 36.2 Å². The first kappa shape index (κ1) is 19.0. The number of phenols is 1. The lowest BCUT2D eigenvalue weighted by Crippen LogP contribution is -2.09.